The van der Waals surface area contributed by atoms with Crippen LogP contribution in [0.4, 0.5) is 0 Å². The molecule has 0 amide bonds. The Balaban J connectivity index is 0.000000221. The van der Waals surface area contributed by atoms with Crippen LogP contribution in [0.5, 0.6) is 0 Å². The number of carbonyl (C=O) groups excluding carboxylic acids is 1. The number of rotatable bonds is 7. The normalized spacial score (nSPS) is 11.9. The summed E-state index contributed by atoms with van der Waals surface area (Å²) in [7, 11) is 0. The zero-order chi connectivity index (χ0) is 29.1. The summed E-state index contributed by atoms with van der Waals surface area (Å²) in [5.74, 6) is 0.547. The summed E-state index contributed by atoms with van der Waals surface area (Å²) < 4.78 is 2.34. The van der Waals surface area contributed by atoms with Gasteiger partial charge >= 0.3 is 0 Å². The van der Waals surface area contributed by atoms with Crippen molar-refractivity contribution in [2.45, 2.75) is 60.3 Å². The van der Waals surface area contributed by atoms with Crippen molar-refractivity contribution in [2.24, 2.45) is 11.8 Å². The van der Waals surface area contributed by atoms with Gasteiger partial charge in [0.1, 0.15) is 6.33 Å². The third-order valence-corrected chi connectivity index (χ3v) is 8.42. The fourth-order valence-corrected chi connectivity index (χ4v) is 5.97. The van der Waals surface area contributed by atoms with Gasteiger partial charge in [-0.2, -0.15) is 0 Å². The molecule has 0 unspecified atom stereocenters. The fourth-order valence-electron chi connectivity index (χ4n) is 5.97. The van der Waals surface area contributed by atoms with Crippen molar-refractivity contribution in [3.8, 4) is 0 Å². The minimum atomic E-state index is 0. The van der Waals surface area contributed by atoms with E-state index < -0.39 is 0 Å². The molecule has 3 heterocycles. The maximum atomic E-state index is 11.7. The van der Waals surface area contributed by atoms with E-state index >= 15 is 0 Å². The van der Waals surface area contributed by atoms with Crippen LogP contribution in [0.25, 0.3) is 49.0 Å². The number of aliphatic hydroxyl groups excluding tert-OH is 1. The molecule has 0 spiro atoms. The topological polar surface area (TPSA) is 67.5 Å². The maximum absolute atomic E-state index is 11.7. The maximum Gasteiger partial charge on any atom is 0.162 e. The number of benzene rings is 3. The summed E-state index contributed by atoms with van der Waals surface area (Å²) in [5, 5.41) is 15.4. The van der Waals surface area contributed by atoms with Crippen LogP contribution in [-0.4, -0.2) is 25.3 Å². The van der Waals surface area contributed by atoms with Gasteiger partial charge < -0.3 is 9.51 Å². The molecule has 3 aromatic carbocycles. The number of aliphatic hydroxyl groups is 1. The van der Waals surface area contributed by atoms with Gasteiger partial charge in [-0.15, -0.1) is 17.5 Å². The summed E-state index contributed by atoms with van der Waals surface area (Å²) in [6.45, 7) is 10.3. The number of pyridine rings is 1. The number of aromatic nitrogens is 3. The number of aryl methyl sites for hydroxylation is 1. The van der Waals surface area contributed by atoms with Gasteiger partial charge in [0.05, 0.1) is 5.76 Å². The van der Waals surface area contributed by atoms with Crippen molar-refractivity contribution in [3.05, 3.63) is 90.6 Å². The number of nitrogens with zero attached hydrogens (tertiary/aromatic N) is 3. The number of ketones is 1. The van der Waals surface area contributed by atoms with Gasteiger partial charge in [-0.05, 0) is 49.8 Å². The van der Waals surface area contributed by atoms with Crippen molar-refractivity contribution >= 4 is 54.8 Å². The quantitative estimate of drug-likeness (QED) is 0.0584. The SMILES string of the molecule is CCC(CC)C(=O)/C=C(\O)C(CC)CC.Cc1c2ccccc2n2c3cc4ccccc4[c-]c3c3ncncc3c12.[Ir]. The van der Waals surface area contributed by atoms with Crippen molar-refractivity contribution in [1.82, 2.24) is 14.4 Å². The predicted molar refractivity (Wildman–Crippen MR) is 170 cm³/mol. The minimum absolute atomic E-state index is 0. The zero-order valence-corrected chi connectivity index (χ0v) is 27.3. The average Bonchev–Trinajstić information content (AvgIpc) is 3.30. The monoisotopic (exact) mass is 737 g/mol. The summed E-state index contributed by atoms with van der Waals surface area (Å²) >= 11 is 0. The second-order valence-electron chi connectivity index (χ2n) is 10.7. The van der Waals surface area contributed by atoms with Gasteiger partial charge in [0, 0.05) is 71.5 Å². The Morgan fingerprint density at radius 1 is 0.929 bits per heavy atom. The molecular formula is C36H38IrN3O2-. The molecule has 0 aliphatic heterocycles. The second-order valence-corrected chi connectivity index (χ2v) is 10.7. The molecule has 5 nitrogen and oxygen atoms in total. The Hall–Kier alpha value is -3.60. The molecule has 1 N–H and O–H groups in total. The largest absolute Gasteiger partial charge is 0.512 e. The van der Waals surface area contributed by atoms with Crippen molar-refractivity contribution in [2.75, 3.05) is 0 Å². The van der Waals surface area contributed by atoms with E-state index in [0.717, 1.165) is 52.9 Å². The van der Waals surface area contributed by atoms with Gasteiger partial charge in [-0.3, -0.25) is 9.78 Å². The first-order valence-corrected chi connectivity index (χ1v) is 14.7. The number of hydrogen-bond acceptors (Lipinski definition) is 4. The number of carbonyl (C=O) groups is 1. The van der Waals surface area contributed by atoms with Gasteiger partial charge in [-0.1, -0.05) is 80.9 Å². The summed E-state index contributed by atoms with van der Waals surface area (Å²) in [6.07, 6.45) is 8.45. The molecule has 42 heavy (non-hydrogen) atoms. The second kappa shape index (κ2) is 13.6. The van der Waals surface area contributed by atoms with Crippen molar-refractivity contribution in [3.63, 3.8) is 0 Å². The molecule has 0 saturated carbocycles. The van der Waals surface area contributed by atoms with Gasteiger partial charge in [0.15, 0.2) is 5.78 Å². The molecule has 6 rings (SSSR count). The van der Waals surface area contributed by atoms with Gasteiger partial charge in [0.2, 0.25) is 0 Å². The Labute approximate surface area is 261 Å². The average molecular weight is 737 g/mol. The van der Waals surface area contributed by atoms with Crippen LogP contribution in [0.3, 0.4) is 0 Å². The molecule has 1 radical (unpaired) electrons. The first kappa shape index (κ1) is 31.3. The van der Waals surface area contributed by atoms with Crippen molar-refractivity contribution < 1.29 is 30.0 Å². The first-order valence-electron chi connectivity index (χ1n) is 14.7. The molecule has 0 fully saturated rings. The Morgan fingerprint density at radius 3 is 2.31 bits per heavy atom. The zero-order valence-electron chi connectivity index (χ0n) is 24.9. The molecule has 0 bridgehead atoms. The van der Waals surface area contributed by atoms with Crippen molar-refractivity contribution in [1.29, 1.82) is 0 Å². The first-order chi connectivity index (χ1) is 19.9. The van der Waals surface area contributed by atoms with Crippen LogP contribution in [0, 0.1) is 24.8 Å². The van der Waals surface area contributed by atoms with E-state index in [4.69, 9.17) is 0 Å². The van der Waals surface area contributed by atoms with E-state index in [1.807, 2.05) is 33.9 Å². The smallest absolute Gasteiger partial charge is 0.162 e. The molecule has 0 atom stereocenters. The van der Waals surface area contributed by atoms with Crippen LogP contribution in [0.2, 0.25) is 0 Å². The predicted octanol–water partition coefficient (Wildman–Crippen LogP) is 9.32. The van der Waals surface area contributed by atoms with E-state index in [0.29, 0.717) is 0 Å². The van der Waals surface area contributed by atoms with Gasteiger partial charge in [0.25, 0.3) is 0 Å². The number of fused-ring (bicyclic) bond motifs is 9. The molecule has 0 aliphatic rings. The van der Waals surface area contributed by atoms with E-state index in [1.165, 1.54) is 33.4 Å². The molecule has 219 valence electrons. The standard InChI is InChI=1S/C23H14N3.C13H24O2.Ir/c1-14-17-8-4-5-9-20(17)26-21-11-16-7-3-2-6-15(16)10-18(21)22-19(23(14)26)12-24-13-25-22;1-5-10(6-2)12(14)9-13(15)11(7-3)8-4;/h2-9,11-13H,1H3;9-11,14H,5-8H2,1-4H3;/q-1;;/b;12-9-;. The van der Waals surface area contributed by atoms with E-state index in [-0.39, 0.29) is 43.5 Å². The number of hydrogen-bond donors (Lipinski definition) is 1. The molecule has 0 saturated heterocycles. The Morgan fingerprint density at radius 2 is 1.60 bits per heavy atom. The number of allylic oxidation sites excluding steroid dienone is 2. The van der Waals surface area contributed by atoms with Crippen LogP contribution in [0.15, 0.2) is 79.0 Å². The Kier molecular flexibility index (Phi) is 10.1. The van der Waals surface area contributed by atoms with Gasteiger partial charge in [-0.25, -0.2) is 4.98 Å². The van der Waals surface area contributed by atoms with Crippen LogP contribution in [-0.2, 0) is 24.9 Å². The summed E-state index contributed by atoms with van der Waals surface area (Å²) in [4.78, 5) is 20.6. The summed E-state index contributed by atoms with van der Waals surface area (Å²) in [5.41, 5.74) is 5.74. The number of para-hydroxylation sites is 1. The third-order valence-electron chi connectivity index (χ3n) is 8.42. The molecule has 6 aromatic rings. The third kappa shape index (κ3) is 5.71. The molecular weight excluding hydrogens is 699 g/mol. The summed E-state index contributed by atoms with van der Waals surface area (Å²) in [6, 6.07) is 22.8. The van der Waals surface area contributed by atoms with Crippen LogP contribution < -0.4 is 0 Å². The van der Waals surface area contributed by atoms with E-state index in [1.54, 1.807) is 6.33 Å². The molecule has 0 aliphatic carbocycles. The van der Waals surface area contributed by atoms with E-state index in [2.05, 4.69) is 82.0 Å². The minimum Gasteiger partial charge on any atom is -0.512 e. The molecule has 6 heteroatoms. The van der Waals surface area contributed by atoms with Crippen LogP contribution >= 0.6 is 0 Å². The molecule has 3 aromatic heterocycles. The fraction of sp³-hybridized carbons (Fsp3) is 0.306. The van der Waals surface area contributed by atoms with Crippen LogP contribution in [0.1, 0.15) is 58.9 Å². The van der Waals surface area contributed by atoms with E-state index in [9.17, 15) is 9.90 Å². The Bertz CT molecular complexity index is 1900.